The third-order valence-corrected chi connectivity index (χ3v) is 4.27. The zero-order chi connectivity index (χ0) is 11.6. The van der Waals surface area contributed by atoms with Gasteiger partial charge >= 0.3 is 0 Å². The zero-order valence-corrected chi connectivity index (χ0v) is 9.33. The van der Waals surface area contributed by atoms with Gasteiger partial charge in [-0.2, -0.15) is 5.10 Å². The molecular weight excluding hydrogens is 232 g/mol. The molecule has 1 atom stereocenters. The standard InChI is InChI=1S/C8H12N4O3S/c13-8(6-1-2-16(14,15)4-6)9-3-7-10-5-11-12-7/h5-6H,1-4H2,(H,9,13)(H,10,11,12). The lowest BCUT2D eigenvalue weighted by atomic mass is 10.1. The first-order chi connectivity index (χ1) is 7.57. The molecule has 0 radical (unpaired) electrons. The molecule has 0 spiro atoms. The van der Waals surface area contributed by atoms with Gasteiger partial charge in [0.1, 0.15) is 12.2 Å². The molecule has 1 amide bonds. The summed E-state index contributed by atoms with van der Waals surface area (Å²) in [6.45, 7) is 0.245. The second kappa shape index (κ2) is 4.20. The quantitative estimate of drug-likeness (QED) is 0.699. The van der Waals surface area contributed by atoms with Crippen molar-refractivity contribution in [1.82, 2.24) is 20.5 Å². The van der Waals surface area contributed by atoms with Crippen LogP contribution in [0.1, 0.15) is 12.2 Å². The van der Waals surface area contributed by atoms with E-state index in [1.54, 1.807) is 0 Å². The van der Waals surface area contributed by atoms with Crippen LogP contribution in [0.4, 0.5) is 0 Å². The maximum Gasteiger partial charge on any atom is 0.224 e. The number of aromatic amines is 1. The molecule has 0 aliphatic carbocycles. The Balaban J connectivity index is 1.85. The summed E-state index contributed by atoms with van der Waals surface area (Å²) in [6, 6.07) is 0. The first kappa shape index (κ1) is 11.1. The second-order valence-electron chi connectivity index (χ2n) is 3.75. The maximum absolute atomic E-state index is 11.6. The molecule has 16 heavy (non-hydrogen) atoms. The van der Waals surface area contributed by atoms with E-state index in [9.17, 15) is 13.2 Å². The van der Waals surface area contributed by atoms with Crippen LogP contribution >= 0.6 is 0 Å². The molecule has 1 saturated heterocycles. The third kappa shape index (κ3) is 2.57. The van der Waals surface area contributed by atoms with Crippen LogP contribution in [0, 0.1) is 5.92 Å². The highest BCUT2D eigenvalue weighted by Crippen LogP contribution is 2.18. The monoisotopic (exact) mass is 244 g/mol. The van der Waals surface area contributed by atoms with E-state index in [1.165, 1.54) is 6.33 Å². The largest absolute Gasteiger partial charge is 0.349 e. The molecule has 1 fully saturated rings. The number of aromatic nitrogens is 3. The van der Waals surface area contributed by atoms with Gasteiger partial charge in [-0.1, -0.05) is 0 Å². The van der Waals surface area contributed by atoms with Gasteiger partial charge in [0, 0.05) is 0 Å². The van der Waals surface area contributed by atoms with Crippen molar-refractivity contribution in [1.29, 1.82) is 0 Å². The number of nitrogens with zero attached hydrogens (tertiary/aromatic N) is 2. The Morgan fingerprint density at radius 2 is 2.44 bits per heavy atom. The first-order valence-electron chi connectivity index (χ1n) is 4.89. The molecule has 2 heterocycles. The molecule has 1 aliphatic rings. The van der Waals surface area contributed by atoms with Crippen LogP contribution in [0.2, 0.25) is 0 Å². The van der Waals surface area contributed by atoms with Crippen molar-refractivity contribution in [2.45, 2.75) is 13.0 Å². The van der Waals surface area contributed by atoms with Crippen molar-refractivity contribution in [2.24, 2.45) is 5.92 Å². The predicted octanol–water partition coefficient (Wildman–Crippen LogP) is -1.14. The van der Waals surface area contributed by atoms with Gasteiger partial charge < -0.3 is 5.32 Å². The molecule has 2 rings (SSSR count). The lowest BCUT2D eigenvalue weighted by molar-refractivity contribution is -0.124. The molecule has 0 saturated carbocycles. The van der Waals surface area contributed by atoms with Gasteiger partial charge in [-0.05, 0) is 6.42 Å². The second-order valence-corrected chi connectivity index (χ2v) is 5.98. The van der Waals surface area contributed by atoms with Crippen LogP contribution in [0.25, 0.3) is 0 Å². The number of rotatable bonds is 3. The van der Waals surface area contributed by atoms with Crippen LogP contribution < -0.4 is 5.32 Å². The molecule has 0 aromatic carbocycles. The fourth-order valence-electron chi connectivity index (χ4n) is 1.63. The number of hydrogen-bond donors (Lipinski definition) is 2. The van der Waals surface area contributed by atoms with Crippen LogP contribution in [-0.2, 0) is 21.2 Å². The summed E-state index contributed by atoms with van der Waals surface area (Å²) in [5.74, 6) is -0.0533. The SMILES string of the molecule is O=C(NCc1ncn[nH]1)C1CCS(=O)(=O)C1. The van der Waals surface area contributed by atoms with Crippen molar-refractivity contribution in [2.75, 3.05) is 11.5 Å². The minimum Gasteiger partial charge on any atom is -0.349 e. The summed E-state index contributed by atoms with van der Waals surface area (Å²) in [6.07, 6.45) is 1.76. The average molecular weight is 244 g/mol. The fraction of sp³-hybridized carbons (Fsp3) is 0.625. The number of carbonyl (C=O) groups is 1. The van der Waals surface area contributed by atoms with Gasteiger partial charge in [-0.3, -0.25) is 9.89 Å². The summed E-state index contributed by atoms with van der Waals surface area (Å²) in [4.78, 5) is 15.4. The van der Waals surface area contributed by atoms with Crippen molar-refractivity contribution < 1.29 is 13.2 Å². The van der Waals surface area contributed by atoms with Crippen LogP contribution in [0.3, 0.4) is 0 Å². The summed E-state index contributed by atoms with van der Waals surface area (Å²) in [5.41, 5.74) is 0. The van der Waals surface area contributed by atoms with Crippen molar-refractivity contribution in [3.05, 3.63) is 12.2 Å². The number of sulfone groups is 1. The van der Waals surface area contributed by atoms with E-state index in [4.69, 9.17) is 0 Å². The smallest absolute Gasteiger partial charge is 0.224 e. The van der Waals surface area contributed by atoms with Gasteiger partial charge in [-0.15, -0.1) is 0 Å². The Kier molecular flexibility index (Phi) is 2.90. The van der Waals surface area contributed by atoms with E-state index in [1.807, 2.05) is 0 Å². The number of carbonyl (C=O) groups excluding carboxylic acids is 1. The Hall–Kier alpha value is -1.44. The van der Waals surface area contributed by atoms with Crippen molar-refractivity contribution in [3.63, 3.8) is 0 Å². The number of H-pyrrole nitrogens is 1. The number of hydrogen-bond acceptors (Lipinski definition) is 5. The van der Waals surface area contributed by atoms with E-state index in [0.29, 0.717) is 12.2 Å². The van der Waals surface area contributed by atoms with Gasteiger partial charge in [0.25, 0.3) is 0 Å². The molecule has 88 valence electrons. The maximum atomic E-state index is 11.6. The van der Waals surface area contributed by atoms with Gasteiger partial charge in [0.15, 0.2) is 9.84 Å². The third-order valence-electron chi connectivity index (χ3n) is 2.50. The van der Waals surface area contributed by atoms with E-state index < -0.39 is 15.8 Å². The molecule has 1 aliphatic heterocycles. The minimum absolute atomic E-state index is 0.0464. The molecule has 8 heteroatoms. The highest BCUT2D eigenvalue weighted by atomic mass is 32.2. The lowest BCUT2D eigenvalue weighted by Crippen LogP contribution is -2.31. The van der Waals surface area contributed by atoms with E-state index >= 15 is 0 Å². The number of amides is 1. The summed E-state index contributed by atoms with van der Waals surface area (Å²) in [5, 5.41) is 8.87. The molecule has 0 bridgehead atoms. The molecule has 1 aromatic rings. The lowest BCUT2D eigenvalue weighted by Gasteiger charge is -2.07. The zero-order valence-electron chi connectivity index (χ0n) is 8.51. The van der Waals surface area contributed by atoms with E-state index in [0.717, 1.165) is 0 Å². The van der Waals surface area contributed by atoms with Gasteiger partial charge in [0.05, 0.1) is 24.0 Å². The molecular formula is C8H12N4O3S. The fourth-order valence-corrected chi connectivity index (χ4v) is 3.37. The molecule has 1 aromatic heterocycles. The molecule has 2 N–H and O–H groups in total. The summed E-state index contributed by atoms with van der Waals surface area (Å²) < 4.78 is 22.3. The van der Waals surface area contributed by atoms with Crippen molar-refractivity contribution in [3.8, 4) is 0 Å². The Morgan fingerprint density at radius 1 is 1.62 bits per heavy atom. The molecule has 7 nitrogen and oxygen atoms in total. The van der Waals surface area contributed by atoms with E-state index in [-0.39, 0.29) is 24.0 Å². The Bertz CT molecular complexity index is 467. The molecule has 1 unspecified atom stereocenters. The topological polar surface area (TPSA) is 105 Å². The number of nitrogens with one attached hydrogen (secondary N) is 2. The van der Waals surface area contributed by atoms with Gasteiger partial charge in [-0.25, -0.2) is 13.4 Å². The van der Waals surface area contributed by atoms with E-state index in [2.05, 4.69) is 20.5 Å². The summed E-state index contributed by atoms with van der Waals surface area (Å²) in [7, 11) is -3.01. The Labute approximate surface area is 92.6 Å². The highest BCUT2D eigenvalue weighted by Gasteiger charge is 2.32. The Morgan fingerprint density at radius 3 is 3.00 bits per heavy atom. The van der Waals surface area contributed by atoms with Gasteiger partial charge in [0.2, 0.25) is 5.91 Å². The predicted molar refractivity (Wildman–Crippen MR) is 55.0 cm³/mol. The highest BCUT2D eigenvalue weighted by molar-refractivity contribution is 7.91. The van der Waals surface area contributed by atoms with Crippen LogP contribution in [-0.4, -0.2) is 41.0 Å². The van der Waals surface area contributed by atoms with Crippen molar-refractivity contribution >= 4 is 15.7 Å². The first-order valence-corrected chi connectivity index (χ1v) is 6.71. The summed E-state index contributed by atoms with van der Waals surface area (Å²) >= 11 is 0. The minimum atomic E-state index is -3.01. The van der Waals surface area contributed by atoms with Crippen LogP contribution in [0.15, 0.2) is 6.33 Å². The average Bonchev–Trinajstić information content (AvgIpc) is 2.83. The van der Waals surface area contributed by atoms with Crippen LogP contribution in [0.5, 0.6) is 0 Å². The normalized spacial score (nSPS) is 23.1.